The lowest BCUT2D eigenvalue weighted by molar-refractivity contribution is 0.0517. The maximum absolute atomic E-state index is 13.6. The summed E-state index contributed by atoms with van der Waals surface area (Å²) in [5, 5.41) is 3.44. The molecule has 3 aromatic carbocycles. The molecule has 1 aliphatic rings. The SMILES string of the molecule is COc1ccc(NS(=O)(=O)c2ccccc2-c2ccc(Cl)cc2)c2c1C[C@@H](CNC(=O)OC(C)(C)C)CC2. The number of benzene rings is 3. The van der Waals surface area contributed by atoms with Crippen molar-refractivity contribution in [2.75, 3.05) is 18.4 Å². The lowest BCUT2D eigenvalue weighted by atomic mass is 9.82. The summed E-state index contributed by atoms with van der Waals surface area (Å²) in [4.78, 5) is 12.3. The molecule has 0 aromatic heterocycles. The van der Waals surface area contributed by atoms with Crippen molar-refractivity contribution in [3.8, 4) is 16.9 Å². The van der Waals surface area contributed by atoms with Crippen LogP contribution in [0.25, 0.3) is 11.1 Å². The van der Waals surface area contributed by atoms with Gasteiger partial charge in [-0.05, 0) is 93.0 Å². The molecule has 0 saturated heterocycles. The molecule has 1 aliphatic carbocycles. The molecule has 0 spiro atoms. The van der Waals surface area contributed by atoms with Gasteiger partial charge in [-0.15, -0.1) is 0 Å². The van der Waals surface area contributed by atoms with Crippen LogP contribution in [0.2, 0.25) is 5.02 Å². The van der Waals surface area contributed by atoms with Crippen molar-refractivity contribution < 1.29 is 22.7 Å². The van der Waals surface area contributed by atoms with Crippen LogP contribution in [-0.4, -0.2) is 33.8 Å². The number of hydrogen-bond acceptors (Lipinski definition) is 5. The van der Waals surface area contributed by atoms with Gasteiger partial charge >= 0.3 is 6.09 Å². The molecule has 0 unspecified atom stereocenters. The number of carbonyl (C=O) groups is 1. The third-order valence-electron chi connectivity index (χ3n) is 6.41. The van der Waals surface area contributed by atoms with Gasteiger partial charge in [0.05, 0.1) is 17.7 Å². The zero-order chi connectivity index (χ0) is 27.5. The fourth-order valence-corrected chi connectivity index (χ4v) is 6.14. The first-order chi connectivity index (χ1) is 18.0. The quantitative estimate of drug-likeness (QED) is 0.349. The highest BCUT2D eigenvalue weighted by Crippen LogP contribution is 2.38. The van der Waals surface area contributed by atoms with Gasteiger partial charge in [-0.25, -0.2) is 13.2 Å². The molecule has 4 rings (SSSR count). The Morgan fingerprint density at radius 1 is 1.03 bits per heavy atom. The van der Waals surface area contributed by atoms with E-state index in [0.717, 1.165) is 23.1 Å². The van der Waals surface area contributed by atoms with Gasteiger partial charge in [0.2, 0.25) is 0 Å². The van der Waals surface area contributed by atoms with Gasteiger partial charge in [-0.1, -0.05) is 41.9 Å². The molecule has 0 radical (unpaired) electrons. The lowest BCUT2D eigenvalue weighted by Gasteiger charge is -2.29. The molecule has 0 aliphatic heterocycles. The second kappa shape index (κ2) is 11.3. The van der Waals surface area contributed by atoms with E-state index in [1.165, 1.54) is 0 Å². The Morgan fingerprint density at radius 3 is 2.42 bits per heavy atom. The lowest BCUT2D eigenvalue weighted by Crippen LogP contribution is -2.36. The minimum absolute atomic E-state index is 0.168. The highest BCUT2D eigenvalue weighted by Gasteiger charge is 2.28. The number of nitrogens with one attached hydrogen (secondary N) is 2. The smallest absolute Gasteiger partial charge is 0.407 e. The van der Waals surface area contributed by atoms with Crippen molar-refractivity contribution >= 4 is 33.4 Å². The molecule has 9 heteroatoms. The highest BCUT2D eigenvalue weighted by molar-refractivity contribution is 7.92. The maximum Gasteiger partial charge on any atom is 0.407 e. The molecular formula is C29H33ClN2O5S. The van der Waals surface area contributed by atoms with Gasteiger partial charge < -0.3 is 14.8 Å². The van der Waals surface area contributed by atoms with Crippen molar-refractivity contribution in [3.05, 3.63) is 76.8 Å². The molecule has 1 atom stereocenters. The summed E-state index contributed by atoms with van der Waals surface area (Å²) >= 11 is 6.03. The number of ether oxygens (including phenoxy) is 2. The summed E-state index contributed by atoms with van der Waals surface area (Å²) in [5.74, 6) is 0.868. The van der Waals surface area contributed by atoms with E-state index in [4.69, 9.17) is 21.1 Å². The monoisotopic (exact) mass is 556 g/mol. The van der Waals surface area contributed by atoms with E-state index >= 15 is 0 Å². The Kier molecular flexibility index (Phi) is 8.23. The number of amides is 1. The van der Waals surface area contributed by atoms with Crippen LogP contribution in [0.5, 0.6) is 5.75 Å². The van der Waals surface area contributed by atoms with E-state index < -0.39 is 21.7 Å². The third kappa shape index (κ3) is 6.60. The molecule has 38 heavy (non-hydrogen) atoms. The summed E-state index contributed by atoms with van der Waals surface area (Å²) in [5.41, 5.74) is 3.17. The van der Waals surface area contributed by atoms with E-state index in [1.54, 1.807) is 61.7 Å². The summed E-state index contributed by atoms with van der Waals surface area (Å²) in [6, 6.07) is 17.5. The van der Waals surface area contributed by atoms with Crippen molar-refractivity contribution in [2.24, 2.45) is 5.92 Å². The van der Waals surface area contributed by atoms with E-state index in [-0.39, 0.29) is 10.8 Å². The van der Waals surface area contributed by atoms with E-state index in [0.29, 0.717) is 41.4 Å². The minimum Gasteiger partial charge on any atom is -0.496 e. The van der Waals surface area contributed by atoms with Crippen LogP contribution in [0.15, 0.2) is 65.6 Å². The van der Waals surface area contributed by atoms with Crippen LogP contribution in [0.3, 0.4) is 0 Å². The first kappa shape index (κ1) is 27.8. The van der Waals surface area contributed by atoms with Gasteiger partial charge in [0.25, 0.3) is 10.0 Å². The molecule has 2 N–H and O–H groups in total. The predicted octanol–water partition coefficient (Wildman–Crippen LogP) is 6.45. The number of methoxy groups -OCH3 is 1. The molecule has 1 amide bonds. The molecule has 0 saturated carbocycles. The molecule has 0 fully saturated rings. The summed E-state index contributed by atoms with van der Waals surface area (Å²) in [7, 11) is -2.30. The Labute approximate surface area is 229 Å². The van der Waals surface area contributed by atoms with Crippen LogP contribution in [-0.2, 0) is 27.6 Å². The highest BCUT2D eigenvalue weighted by atomic mass is 35.5. The average molecular weight is 557 g/mol. The topological polar surface area (TPSA) is 93.7 Å². The van der Waals surface area contributed by atoms with Crippen molar-refractivity contribution in [2.45, 2.75) is 50.5 Å². The number of carbonyl (C=O) groups excluding carboxylic acids is 1. The van der Waals surface area contributed by atoms with Gasteiger partial charge in [-0.2, -0.15) is 0 Å². The summed E-state index contributed by atoms with van der Waals surface area (Å²) < 4.78 is 41.0. The third-order valence-corrected chi connectivity index (χ3v) is 8.09. The fraction of sp³-hybridized carbons (Fsp3) is 0.345. The molecule has 0 heterocycles. The van der Waals surface area contributed by atoms with Crippen molar-refractivity contribution in [1.29, 1.82) is 0 Å². The number of hydrogen-bond donors (Lipinski definition) is 2. The number of sulfonamides is 1. The Balaban J connectivity index is 1.58. The number of fused-ring (bicyclic) bond motifs is 1. The summed E-state index contributed by atoms with van der Waals surface area (Å²) in [6.45, 7) is 5.93. The van der Waals surface area contributed by atoms with Crippen LogP contribution in [0.1, 0.15) is 38.3 Å². The van der Waals surface area contributed by atoms with Crippen LogP contribution < -0.4 is 14.8 Å². The van der Waals surface area contributed by atoms with Crippen LogP contribution in [0.4, 0.5) is 10.5 Å². The van der Waals surface area contributed by atoms with Crippen molar-refractivity contribution in [1.82, 2.24) is 5.32 Å². The molecular weight excluding hydrogens is 524 g/mol. The first-order valence-electron chi connectivity index (χ1n) is 12.5. The summed E-state index contributed by atoms with van der Waals surface area (Å²) in [6.07, 6.45) is 1.62. The van der Waals surface area contributed by atoms with Crippen molar-refractivity contribution in [3.63, 3.8) is 0 Å². The second-order valence-electron chi connectivity index (χ2n) is 10.4. The standard InChI is InChI=1S/C29H33ClN2O5S/c1-29(2,3)37-28(33)31-18-19-9-14-23-24(17-19)26(36-4)16-15-25(23)32-38(34,35)27-8-6-5-7-22(27)20-10-12-21(30)13-11-20/h5-8,10-13,15-16,19,32H,9,14,17-18H2,1-4H3,(H,31,33)/t19-/m0/s1. The number of rotatable bonds is 7. The Bertz CT molecular complexity index is 1420. The molecule has 202 valence electrons. The minimum atomic E-state index is -3.91. The molecule has 7 nitrogen and oxygen atoms in total. The number of anilines is 1. The zero-order valence-electron chi connectivity index (χ0n) is 22.0. The molecule has 3 aromatic rings. The number of alkyl carbamates (subject to hydrolysis) is 1. The first-order valence-corrected chi connectivity index (χ1v) is 14.4. The largest absolute Gasteiger partial charge is 0.496 e. The number of halogens is 1. The Hall–Kier alpha value is -3.23. The van der Waals surface area contributed by atoms with Gasteiger partial charge in [0.1, 0.15) is 11.4 Å². The van der Waals surface area contributed by atoms with Gasteiger partial charge in [0, 0.05) is 17.1 Å². The van der Waals surface area contributed by atoms with E-state index in [9.17, 15) is 13.2 Å². The van der Waals surface area contributed by atoms with Gasteiger partial charge in [-0.3, -0.25) is 4.72 Å². The van der Waals surface area contributed by atoms with Crippen LogP contribution >= 0.6 is 11.6 Å². The Morgan fingerprint density at radius 2 is 1.74 bits per heavy atom. The van der Waals surface area contributed by atoms with E-state index in [1.807, 2.05) is 26.8 Å². The zero-order valence-corrected chi connectivity index (χ0v) is 23.6. The fourth-order valence-electron chi connectivity index (χ4n) is 4.69. The maximum atomic E-state index is 13.6. The van der Waals surface area contributed by atoms with E-state index in [2.05, 4.69) is 10.0 Å². The average Bonchev–Trinajstić information content (AvgIpc) is 2.87. The second-order valence-corrected chi connectivity index (χ2v) is 12.5. The van der Waals surface area contributed by atoms with Gasteiger partial charge in [0.15, 0.2) is 0 Å². The van der Waals surface area contributed by atoms with Crippen LogP contribution in [0, 0.1) is 5.92 Å². The molecule has 0 bridgehead atoms. The predicted molar refractivity (Wildman–Crippen MR) is 150 cm³/mol. The normalized spacial score (nSPS) is 15.3.